The second kappa shape index (κ2) is 5.19. The number of methoxy groups -OCH3 is 1. The maximum atomic E-state index is 6.45. The van der Waals surface area contributed by atoms with E-state index in [0.717, 1.165) is 12.8 Å². The van der Waals surface area contributed by atoms with E-state index in [9.17, 15) is 0 Å². The van der Waals surface area contributed by atoms with Crippen molar-refractivity contribution in [2.45, 2.75) is 44.2 Å². The summed E-state index contributed by atoms with van der Waals surface area (Å²) in [5.74, 6) is 0.707. The first-order chi connectivity index (χ1) is 8.18. The molecule has 3 unspecified atom stereocenters. The van der Waals surface area contributed by atoms with Crippen LogP contribution in [0.15, 0.2) is 30.3 Å². The largest absolute Gasteiger partial charge is 0.376 e. The summed E-state index contributed by atoms with van der Waals surface area (Å²) in [5, 5.41) is 0. The summed E-state index contributed by atoms with van der Waals surface area (Å²) < 4.78 is 5.84. The van der Waals surface area contributed by atoms with Crippen LogP contribution in [0, 0.1) is 5.92 Å². The van der Waals surface area contributed by atoms with Crippen molar-refractivity contribution in [3.63, 3.8) is 0 Å². The Hall–Kier alpha value is -0.860. The van der Waals surface area contributed by atoms with Gasteiger partial charge in [0.15, 0.2) is 0 Å². The monoisotopic (exact) mass is 233 g/mol. The average molecular weight is 233 g/mol. The van der Waals surface area contributed by atoms with Crippen molar-refractivity contribution >= 4 is 0 Å². The molecular weight excluding hydrogens is 210 g/mol. The minimum absolute atomic E-state index is 0.0172. The molecule has 0 bridgehead atoms. The van der Waals surface area contributed by atoms with Gasteiger partial charge in [0.25, 0.3) is 0 Å². The zero-order chi connectivity index (χ0) is 12.3. The van der Waals surface area contributed by atoms with Crippen LogP contribution in [-0.4, -0.2) is 12.7 Å². The number of hydrogen-bond acceptors (Lipinski definition) is 2. The Kier molecular flexibility index (Phi) is 3.85. The molecule has 1 fully saturated rings. The van der Waals surface area contributed by atoms with Crippen LogP contribution < -0.4 is 5.73 Å². The maximum absolute atomic E-state index is 6.45. The molecule has 0 heterocycles. The Morgan fingerprint density at radius 2 is 2.06 bits per heavy atom. The molecule has 0 radical (unpaired) electrons. The van der Waals surface area contributed by atoms with Crippen molar-refractivity contribution in [3.05, 3.63) is 35.9 Å². The predicted molar refractivity (Wildman–Crippen MR) is 70.7 cm³/mol. The third-order valence-electron chi connectivity index (χ3n) is 4.12. The number of rotatable bonds is 3. The van der Waals surface area contributed by atoms with Crippen LogP contribution in [-0.2, 0) is 4.74 Å². The van der Waals surface area contributed by atoms with Gasteiger partial charge in [-0.2, -0.15) is 0 Å². The molecule has 0 aromatic heterocycles. The summed E-state index contributed by atoms with van der Waals surface area (Å²) in [4.78, 5) is 0. The highest BCUT2D eigenvalue weighted by molar-refractivity contribution is 5.22. The van der Waals surface area contributed by atoms with Crippen molar-refractivity contribution < 1.29 is 4.74 Å². The quantitative estimate of drug-likeness (QED) is 0.869. The van der Waals surface area contributed by atoms with Gasteiger partial charge in [0.1, 0.15) is 0 Å². The molecule has 1 aliphatic rings. The molecule has 2 N–H and O–H groups in total. The Labute approximate surface area is 104 Å². The number of hydrogen-bond donors (Lipinski definition) is 1. The van der Waals surface area contributed by atoms with Crippen LogP contribution in [0.2, 0.25) is 0 Å². The third-order valence-corrected chi connectivity index (χ3v) is 4.12. The number of ether oxygens (including phenoxy) is 1. The minimum Gasteiger partial charge on any atom is -0.376 e. The summed E-state index contributed by atoms with van der Waals surface area (Å²) >= 11 is 0. The molecule has 0 saturated heterocycles. The van der Waals surface area contributed by atoms with Crippen molar-refractivity contribution in [2.75, 3.05) is 7.11 Å². The molecule has 3 atom stereocenters. The molecule has 2 nitrogen and oxygen atoms in total. The molecule has 2 heteroatoms. The standard InChI is InChI=1S/C15H23NO/c1-12-7-6-10-15(11-12,17-2)14(16)13-8-4-3-5-9-13/h3-5,8-9,12,14H,6-7,10-11,16H2,1-2H3. The maximum Gasteiger partial charge on any atom is 0.0872 e. The molecule has 1 saturated carbocycles. The Balaban J connectivity index is 2.23. The predicted octanol–water partition coefficient (Wildman–Crippen LogP) is 3.28. The lowest BCUT2D eigenvalue weighted by Crippen LogP contribution is -2.46. The van der Waals surface area contributed by atoms with E-state index in [2.05, 4.69) is 19.1 Å². The fourth-order valence-electron chi connectivity index (χ4n) is 3.10. The van der Waals surface area contributed by atoms with E-state index in [0.29, 0.717) is 5.92 Å². The van der Waals surface area contributed by atoms with Gasteiger partial charge in [0, 0.05) is 7.11 Å². The molecule has 1 aromatic rings. The van der Waals surface area contributed by atoms with Gasteiger partial charge in [-0.3, -0.25) is 0 Å². The van der Waals surface area contributed by atoms with Gasteiger partial charge in [-0.05, 0) is 24.3 Å². The smallest absolute Gasteiger partial charge is 0.0872 e. The minimum atomic E-state index is -0.168. The molecular formula is C15H23NO. The number of benzene rings is 1. The lowest BCUT2D eigenvalue weighted by atomic mass is 9.73. The second-order valence-electron chi connectivity index (χ2n) is 5.36. The highest BCUT2D eigenvalue weighted by atomic mass is 16.5. The normalized spacial score (nSPS) is 31.1. The second-order valence-corrected chi connectivity index (χ2v) is 5.36. The summed E-state index contributed by atoms with van der Waals surface area (Å²) in [6.45, 7) is 2.30. The van der Waals surface area contributed by atoms with E-state index in [1.165, 1.54) is 18.4 Å². The Morgan fingerprint density at radius 3 is 2.65 bits per heavy atom. The zero-order valence-electron chi connectivity index (χ0n) is 10.9. The Bertz CT molecular complexity index is 351. The van der Waals surface area contributed by atoms with Crippen molar-refractivity contribution in [2.24, 2.45) is 11.7 Å². The molecule has 0 aliphatic heterocycles. The molecule has 2 rings (SSSR count). The van der Waals surface area contributed by atoms with Gasteiger partial charge in [0.05, 0.1) is 11.6 Å². The first kappa shape index (κ1) is 12.6. The fourth-order valence-corrected chi connectivity index (χ4v) is 3.10. The van der Waals surface area contributed by atoms with Crippen LogP contribution in [0.25, 0.3) is 0 Å². The van der Waals surface area contributed by atoms with E-state index in [4.69, 9.17) is 10.5 Å². The molecule has 17 heavy (non-hydrogen) atoms. The molecule has 0 spiro atoms. The van der Waals surface area contributed by atoms with E-state index in [-0.39, 0.29) is 11.6 Å². The van der Waals surface area contributed by atoms with E-state index < -0.39 is 0 Å². The van der Waals surface area contributed by atoms with Gasteiger partial charge in [-0.25, -0.2) is 0 Å². The van der Waals surface area contributed by atoms with E-state index in [1.54, 1.807) is 7.11 Å². The molecule has 1 aliphatic carbocycles. The van der Waals surface area contributed by atoms with Crippen LogP contribution in [0.5, 0.6) is 0 Å². The summed E-state index contributed by atoms with van der Waals surface area (Å²) in [5.41, 5.74) is 7.47. The SMILES string of the molecule is COC1(C(N)c2ccccc2)CCCC(C)C1. The van der Waals surface area contributed by atoms with Gasteiger partial charge in [0.2, 0.25) is 0 Å². The first-order valence-corrected chi connectivity index (χ1v) is 6.53. The molecule has 1 aromatic carbocycles. The van der Waals surface area contributed by atoms with Crippen LogP contribution >= 0.6 is 0 Å². The van der Waals surface area contributed by atoms with Gasteiger partial charge < -0.3 is 10.5 Å². The van der Waals surface area contributed by atoms with Crippen LogP contribution in [0.4, 0.5) is 0 Å². The van der Waals surface area contributed by atoms with Gasteiger partial charge in [-0.15, -0.1) is 0 Å². The van der Waals surface area contributed by atoms with E-state index in [1.807, 2.05) is 18.2 Å². The zero-order valence-corrected chi connectivity index (χ0v) is 10.9. The third kappa shape index (κ3) is 2.53. The van der Waals surface area contributed by atoms with Crippen LogP contribution in [0.1, 0.15) is 44.2 Å². The topological polar surface area (TPSA) is 35.2 Å². The highest BCUT2D eigenvalue weighted by Crippen LogP contribution is 2.41. The van der Waals surface area contributed by atoms with Crippen LogP contribution in [0.3, 0.4) is 0 Å². The van der Waals surface area contributed by atoms with Crippen molar-refractivity contribution in [3.8, 4) is 0 Å². The number of nitrogens with two attached hydrogens (primary N) is 1. The highest BCUT2D eigenvalue weighted by Gasteiger charge is 2.40. The summed E-state index contributed by atoms with van der Waals surface area (Å²) in [6.07, 6.45) is 4.66. The lowest BCUT2D eigenvalue weighted by molar-refractivity contribution is -0.0718. The van der Waals surface area contributed by atoms with Gasteiger partial charge in [-0.1, -0.05) is 50.1 Å². The molecule has 94 valence electrons. The van der Waals surface area contributed by atoms with E-state index >= 15 is 0 Å². The summed E-state index contributed by atoms with van der Waals surface area (Å²) in [6, 6.07) is 10.3. The first-order valence-electron chi connectivity index (χ1n) is 6.53. The van der Waals surface area contributed by atoms with Crippen molar-refractivity contribution in [1.82, 2.24) is 0 Å². The fraction of sp³-hybridized carbons (Fsp3) is 0.600. The molecule has 0 amide bonds. The summed E-state index contributed by atoms with van der Waals surface area (Å²) in [7, 11) is 1.81. The van der Waals surface area contributed by atoms with Gasteiger partial charge >= 0.3 is 0 Å². The lowest BCUT2D eigenvalue weighted by Gasteiger charge is -2.43. The Morgan fingerprint density at radius 1 is 1.35 bits per heavy atom. The van der Waals surface area contributed by atoms with Crippen molar-refractivity contribution in [1.29, 1.82) is 0 Å². The average Bonchev–Trinajstić information content (AvgIpc) is 2.38.